The van der Waals surface area contributed by atoms with E-state index in [0.29, 0.717) is 18.8 Å². The molecule has 3 aliphatic rings. The first-order chi connectivity index (χ1) is 12.7. The average molecular weight is 355 g/mol. The van der Waals surface area contributed by atoms with Crippen molar-refractivity contribution < 1.29 is 14.3 Å². The van der Waals surface area contributed by atoms with Gasteiger partial charge >= 0.3 is 0 Å². The van der Waals surface area contributed by atoms with Crippen LogP contribution in [0.25, 0.3) is 0 Å². The summed E-state index contributed by atoms with van der Waals surface area (Å²) in [5.41, 5.74) is 1.72. The van der Waals surface area contributed by atoms with Crippen LogP contribution in [0.2, 0.25) is 0 Å². The summed E-state index contributed by atoms with van der Waals surface area (Å²) >= 11 is 0. The molecule has 3 aliphatic heterocycles. The fourth-order valence-corrected chi connectivity index (χ4v) is 4.07. The lowest BCUT2D eigenvalue weighted by atomic mass is 9.76. The summed E-state index contributed by atoms with van der Waals surface area (Å²) in [6, 6.07) is 7.46. The lowest BCUT2D eigenvalue weighted by Gasteiger charge is -2.41. The number of benzene rings is 1. The minimum Gasteiger partial charge on any atom is -0.377 e. The quantitative estimate of drug-likeness (QED) is 0.825. The van der Waals surface area contributed by atoms with E-state index in [1.54, 1.807) is 4.90 Å². The van der Waals surface area contributed by atoms with Crippen LogP contribution >= 0.6 is 0 Å². The van der Waals surface area contributed by atoms with Gasteiger partial charge in [-0.2, -0.15) is 0 Å². The second-order valence-corrected chi connectivity index (χ2v) is 7.51. The van der Waals surface area contributed by atoms with E-state index in [2.05, 4.69) is 22.4 Å². The molecule has 26 heavy (non-hydrogen) atoms. The molecule has 1 aromatic rings. The molecule has 1 saturated heterocycles. The molecule has 6 nitrogen and oxygen atoms in total. The number of hydrogen-bond acceptors (Lipinski definition) is 4. The number of nitrogens with zero attached hydrogens (tertiary/aromatic N) is 2. The van der Waals surface area contributed by atoms with Gasteiger partial charge in [0.25, 0.3) is 0 Å². The van der Waals surface area contributed by atoms with Crippen molar-refractivity contribution in [1.82, 2.24) is 4.90 Å². The normalized spacial score (nSPS) is 22.6. The van der Waals surface area contributed by atoms with Crippen LogP contribution in [0, 0.1) is 5.41 Å². The standard InChI is InChI=1S/C20H25N3O3/c24-18-13-23(17-6-2-1-5-16(17)21-18)19(25)14-22-10-8-20(9-11-22)7-3-4-12-26-15-20/h1-6H,7-15H2,(H,21,24). The molecule has 0 aromatic heterocycles. The van der Waals surface area contributed by atoms with E-state index in [1.165, 1.54) is 0 Å². The fourth-order valence-electron chi connectivity index (χ4n) is 4.07. The van der Waals surface area contributed by atoms with Crippen molar-refractivity contribution in [3.05, 3.63) is 36.4 Å². The van der Waals surface area contributed by atoms with Gasteiger partial charge in [-0.05, 0) is 49.9 Å². The number of hydrogen-bond donors (Lipinski definition) is 1. The summed E-state index contributed by atoms with van der Waals surface area (Å²) in [6.07, 6.45) is 7.48. The van der Waals surface area contributed by atoms with Gasteiger partial charge in [-0.15, -0.1) is 0 Å². The van der Waals surface area contributed by atoms with E-state index < -0.39 is 0 Å². The van der Waals surface area contributed by atoms with Crippen molar-refractivity contribution >= 4 is 23.2 Å². The topological polar surface area (TPSA) is 61.9 Å². The number of carbonyl (C=O) groups excluding carboxylic acids is 2. The summed E-state index contributed by atoms with van der Waals surface area (Å²) in [7, 11) is 0. The third-order valence-electron chi connectivity index (χ3n) is 5.69. The highest BCUT2D eigenvalue weighted by molar-refractivity contribution is 6.10. The number of rotatable bonds is 2. The van der Waals surface area contributed by atoms with E-state index in [-0.39, 0.29) is 23.8 Å². The predicted octanol–water partition coefficient (Wildman–Crippen LogP) is 2.03. The van der Waals surface area contributed by atoms with Gasteiger partial charge in [0.1, 0.15) is 6.54 Å². The third-order valence-corrected chi connectivity index (χ3v) is 5.69. The Kier molecular flexibility index (Phi) is 4.78. The van der Waals surface area contributed by atoms with Crippen molar-refractivity contribution in [2.75, 3.05) is 49.6 Å². The first-order valence-electron chi connectivity index (χ1n) is 9.30. The van der Waals surface area contributed by atoms with Crippen LogP contribution < -0.4 is 10.2 Å². The SMILES string of the molecule is O=C1CN(C(=O)CN2CCC3(CC=CCOC3)CC2)c2ccccc2N1. The smallest absolute Gasteiger partial charge is 0.244 e. The molecule has 138 valence electrons. The molecule has 4 rings (SSSR count). The summed E-state index contributed by atoms with van der Waals surface area (Å²) in [5.74, 6) is -0.155. The molecule has 6 heteroatoms. The zero-order valence-corrected chi connectivity index (χ0v) is 14.9. The number of carbonyl (C=O) groups is 2. The Morgan fingerprint density at radius 1 is 1.19 bits per heavy atom. The van der Waals surface area contributed by atoms with E-state index in [1.807, 2.05) is 24.3 Å². The van der Waals surface area contributed by atoms with Crippen LogP contribution in [0.3, 0.4) is 0 Å². The van der Waals surface area contributed by atoms with E-state index >= 15 is 0 Å². The van der Waals surface area contributed by atoms with Crippen molar-refractivity contribution in [1.29, 1.82) is 0 Å². The molecule has 3 heterocycles. The molecule has 2 amide bonds. The monoisotopic (exact) mass is 355 g/mol. The highest BCUT2D eigenvalue weighted by Gasteiger charge is 2.36. The molecular weight excluding hydrogens is 330 g/mol. The molecule has 1 fully saturated rings. The molecule has 0 unspecified atom stereocenters. The number of ether oxygens (including phenoxy) is 1. The van der Waals surface area contributed by atoms with E-state index in [4.69, 9.17) is 4.74 Å². The molecule has 1 aromatic carbocycles. The molecule has 0 saturated carbocycles. The lowest BCUT2D eigenvalue weighted by Crippen LogP contribution is -2.49. The van der Waals surface area contributed by atoms with Gasteiger partial charge in [-0.1, -0.05) is 24.3 Å². The zero-order valence-electron chi connectivity index (χ0n) is 14.9. The lowest BCUT2D eigenvalue weighted by molar-refractivity contribution is -0.123. The Morgan fingerprint density at radius 3 is 2.85 bits per heavy atom. The number of fused-ring (bicyclic) bond motifs is 1. The van der Waals surface area contributed by atoms with Crippen LogP contribution in [0.4, 0.5) is 11.4 Å². The summed E-state index contributed by atoms with van der Waals surface area (Å²) < 4.78 is 5.73. The Balaban J connectivity index is 1.39. The molecule has 0 radical (unpaired) electrons. The third kappa shape index (κ3) is 3.52. The van der Waals surface area contributed by atoms with Crippen LogP contribution in [0.15, 0.2) is 36.4 Å². The van der Waals surface area contributed by atoms with Gasteiger partial charge in [0.2, 0.25) is 11.8 Å². The first kappa shape index (κ1) is 17.2. The number of anilines is 2. The van der Waals surface area contributed by atoms with Crippen molar-refractivity contribution in [3.8, 4) is 0 Å². The average Bonchev–Trinajstić information content (AvgIpc) is 2.88. The molecular formula is C20H25N3O3. The predicted molar refractivity (Wildman–Crippen MR) is 100 cm³/mol. The second-order valence-electron chi connectivity index (χ2n) is 7.51. The van der Waals surface area contributed by atoms with Crippen molar-refractivity contribution in [2.45, 2.75) is 19.3 Å². The number of para-hydroxylation sites is 2. The molecule has 1 N–H and O–H groups in total. The van der Waals surface area contributed by atoms with Crippen LogP contribution in [-0.4, -0.2) is 56.1 Å². The van der Waals surface area contributed by atoms with Crippen LogP contribution in [0.5, 0.6) is 0 Å². The maximum Gasteiger partial charge on any atom is 0.244 e. The fraction of sp³-hybridized carbons (Fsp3) is 0.500. The number of nitrogens with one attached hydrogen (secondary N) is 1. The molecule has 0 aliphatic carbocycles. The maximum absolute atomic E-state index is 12.9. The maximum atomic E-state index is 12.9. The highest BCUT2D eigenvalue weighted by Crippen LogP contribution is 2.37. The van der Waals surface area contributed by atoms with Gasteiger partial charge in [0.15, 0.2) is 0 Å². The zero-order chi connectivity index (χ0) is 18.0. The number of allylic oxidation sites excluding steroid dienone is 1. The molecule has 0 bridgehead atoms. The minimum atomic E-state index is -0.142. The Labute approximate surface area is 153 Å². The molecule has 0 atom stereocenters. The summed E-state index contributed by atoms with van der Waals surface area (Å²) in [6.45, 7) is 3.75. The van der Waals surface area contributed by atoms with E-state index in [9.17, 15) is 9.59 Å². The first-order valence-corrected chi connectivity index (χ1v) is 9.30. The van der Waals surface area contributed by atoms with Gasteiger partial charge in [-0.3, -0.25) is 19.4 Å². The summed E-state index contributed by atoms with van der Waals surface area (Å²) in [4.78, 5) is 28.6. The summed E-state index contributed by atoms with van der Waals surface area (Å²) in [5, 5.41) is 2.83. The van der Waals surface area contributed by atoms with Gasteiger partial charge in [0.05, 0.1) is 31.1 Å². The Hall–Kier alpha value is -2.18. The van der Waals surface area contributed by atoms with Crippen LogP contribution in [-0.2, 0) is 14.3 Å². The minimum absolute atomic E-state index is 0.0136. The van der Waals surface area contributed by atoms with E-state index in [0.717, 1.165) is 44.6 Å². The van der Waals surface area contributed by atoms with Crippen molar-refractivity contribution in [3.63, 3.8) is 0 Å². The highest BCUT2D eigenvalue weighted by atomic mass is 16.5. The van der Waals surface area contributed by atoms with Crippen LogP contribution in [0.1, 0.15) is 19.3 Å². The Bertz CT molecular complexity index is 723. The van der Waals surface area contributed by atoms with Gasteiger partial charge < -0.3 is 10.1 Å². The Morgan fingerprint density at radius 2 is 2.00 bits per heavy atom. The number of likely N-dealkylation sites (tertiary alicyclic amines) is 1. The number of piperidine rings is 1. The second kappa shape index (κ2) is 7.21. The van der Waals surface area contributed by atoms with Crippen molar-refractivity contribution in [2.24, 2.45) is 5.41 Å². The van der Waals surface area contributed by atoms with Gasteiger partial charge in [-0.25, -0.2) is 0 Å². The van der Waals surface area contributed by atoms with Gasteiger partial charge in [0, 0.05) is 0 Å². The largest absolute Gasteiger partial charge is 0.377 e. The number of amides is 2. The molecule has 1 spiro atoms.